The van der Waals surface area contributed by atoms with Gasteiger partial charge in [0, 0.05) is 36.9 Å². The topological polar surface area (TPSA) is 71.2 Å². The average molecular weight is 340 g/mol. The van der Waals surface area contributed by atoms with Crippen molar-refractivity contribution < 1.29 is 14.3 Å². The number of nitrogens with zero attached hydrogens (tertiary/aromatic N) is 4. The van der Waals surface area contributed by atoms with Gasteiger partial charge in [0.25, 0.3) is 5.91 Å². The first-order valence-electron chi connectivity index (χ1n) is 8.17. The third kappa shape index (κ3) is 2.93. The number of carbonyl (C=O) groups is 1. The predicted octanol–water partition coefficient (Wildman–Crippen LogP) is 2.70. The van der Waals surface area contributed by atoms with Gasteiger partial charge in [-0.25, -0.2) is 14.4 Å². The van der Waals surface area contributed by atoms with Gasteiger partial charge in [-0.2, -0.15) is 0 Å². The molecule has 7 heteroatoms. The number of alkyl halides is 1. The number of carbonyl (C=O) groups excluding carboxylic acids is 1. The summed E-state index contributed by atoms with van der Waals surface area (Å²) in [5.41, 5.74) is 1.97. The molecule has 4 heterocycles. The van der Waals surface area contributed by atoms with Crippen molar-refractivity contribution >= 4 is 16.9 Å². The zero-order valence-electron chi connectivity index (χ0n) is 13.5. The molecule has 25 heavy (non-hydrogen) atoms. The summed E-state index contributed by atoms with van der Waals surface area (Å²) in [6.07, 6.45) is 4.93. The zero-order chi connectivity index (χ0) is 17.4. The van der Waals surface area contributed by atoms with E-state index < -0.39 is 6.17 Å². The van der Waals surface area contributed by atoms with Gasteiger partial charge in [0.05, 0.1) is 17.4 Å². The second kappa shape index (κ2) is 6.16. The molecule has 128 valence electrons. The summed E-state index contributed by atoms with van der Waals surface area (Å²) in [6, 6.07) is 6.92. The number of pyridine rings is 2. The number of aromatic nitrogens is 3. The van der Waals surface area contributed by atoms with Crippen LogP contribution in [0.4, 0.5) is 4.39 Å². The number of piperidine rings is 1. The van der Waals surface area contributed by atoms with Gasteiger partial charge < -0.3 is 10.0 Å². The fraction of sp³-hybridized carbons (Fsp3) is 0.278. The smallest absolute Gasteiger partial charge is 0.255 e. The van der Waals surface area contributed by atoms with Gasteiger partial charge in [0.15, 0.2) is 0 Å². The van der Waals surface area contributed by atoms with Gasteiger partial charge in [-0.15, -0.1) is 0 Å². The van der Waals surface area contributed by atoms with Crippen molar-refractivity contribution in [1.29, 1.82) is 0 Å². The Labute approximate surface area is 143 Å². The van der Waals surface area contributed by atoms with Crippen LogP contribution in [-0.4, -0.2) is 49.7 Å². The van der Waals surface area contributed by atoms with Crippen LogP contribution < -0.4 is 0 Å². The molecule has 1 amide bonds. The molecule has 1 saturated heterocycles. The molecule has 1 N–H and O–H groups in total. The van der Waals surface area contributed by atoms with Gasteiger partial charge in [-0.3, -0.25) is 9.36 Å². The fourth-order valence-electron chi connectivity index (χ4n) is 3.10. The minimum absolute atomic E-state index is 0.0434. The SMILES string of the molecule is O=C(c1cnc2c(ccn2-c2ccc(O)nc2)c1)N1CCC(F)CC1. The maximum absolute atomic E-state index is 13.2. The quantitative estimate of drug-likeness (QED) is 0.779. The molecular weight excluding hydrogens is 323 g/mol. The van der Waals surface area contributed by atoms with E-state index in [1.807, 2.05) is 16.8 Å². The lowest BCUT2D eigenvalue weighted by molar-refractivity contribution is 0.0667. The third-order valence-corrected chi connectivity index (χ3v) is 4.50. The highest BCUT2D eigenvalue weighted by atomic mass is 19.1. The van der Waals surface area contributed by atoms with Crippen molar-refractivity contribution in [3.63, 3.8) is 0 Å². The fourth-order valence-corrected chi connectivity index (χ4v) is 3.10. The summed E-state index contributed by atoms with van der Waals surface area (Å²) < 4.78 is 15.1. The molecule has 0 radical (unpaired) electrons. The highest BCUT2D eigenvalue weighted by Crippen LogP contribution is 2.22. The van der Waals surface area contributed by atoms with E-state index in [0.717, 1.165) is 11.1 Å². The monoisotopic (exact) mass is 340 g/mol. The van der Waals surface area contributed by atoms with Crippen LogP contribution in [0.3, 0.4) is 0 Å². The summed E-state index contributed by atoms with van der Waals surface area (Å²) in [5, 5.41) is 10.1. The maximum atomic E-state index is 13.2. The van der Waals surface area contributed by atoms with Crippen LogP contribution in [0.5, 0.6) is 5.88 Å². The number of halogens is 1. The van der Waals surface area contributed by atoms with Gasteiger partial charge in [-0.05, 0) is 31.0 Å². The van der Waals surface area contributed by atoms with Crippen LogP contribution in [0.15, 0.2) is 42.9 Å². The van der Waals surface area contributed by atoms with Crippen molar-refractivity contribution in [3.8, 4) is 11.6 Å². The Morgan fingerprint density at radius 1 is 1.16 bits per heavy atom. The molecule has 6 nitrogen and oxygen atoms in total. The van der Waals surface area contributed by atoms with Gasteiger partial charge in [0.1, 0.15) is 11.8 Å². The Kier molecular flexibility index (Phi) is 3.83. The highest BCUT2D eigenvalue weighted by molar-refractivity contribution is 5.97. The van der Waals surface area contributed by atoms with Crippen LogP contribution in [0.25, 0.3) is 16.7 Å². The minimum atomic E-state index is -0.808. The molecule has 3 aromatic rings. The molecule has 0 aliphatic carbocycles. The van der Waals surface area contributed by atoms with E-state index in [0.29, 0.717) is 37.1 Å². The molecule has 0 saturated carbocycles. The van der Waals surface area contributed by atoms with Crippen LogP contribution in [0, 0.1) is 0 Å². The first kappa shape index (κ1) is 15.6. The highest BCUT2D eigenvalue weighted by Gasteiger charge is 2.23. The number of hydrogen-bond donors (Lipinski definition) is 1. The maximum Gasteiger partial charge on any atom is 0.255 e. The number of amides is 1. The first-order valence-corrected chi connectivity index (χ1v) is 8.17. The van der Waals surface area contributed by atoms with Gasteiger partial charge >= 0.3 is 0 Å². The normalized spacial score (nSPS) is 15.6. The lowest BCUT2D eigenvalue weighted by Crippen LogP contribution is -2.39. The molecule has 3 aromatic heterocycles. The standard InChI is InChI=1S/C18H17FN4O2/c19-14-4-6-22(7-5-14)18(25)13-9-12-3-8-23(17(12)21-10-13)15-1-2-16(24)20-11-15/h1-3,8-11,14H,4-7H2,(H,20,24). The lowest BCUT2D eigenvalue weighted by atomic mass is 10.1. The zero-order valence-corrected chi connectivity index (χ0v) is 13.5. The Morgan fingerprint density at radius 2 is 1.96 bits per heavy atom. The summed E-state index contributed by atoms with van der Waals surface area (Å²) in [4.78, 5) is 22.6. The molecule has 1 aliphatic heterocycles. The second-order valence-electron chi connectivity index (χ2n) is 6.16. The molecule has 0 bridgehead atoms. The van der Waals surface area contributed by atoms with Gasteiger partial charge in [0.2, 0.25) is 5.88 Å². The Morgan fingerprint density at radius 3 is 2.68 bits per heavy atom. The van der Waals surface area contributed by atoms with Crippen LogP contribution in [0.2, 0.25) is 0 Å². The van der Waals surface area contributed by atoms with Crippen molar-refractivity contribution in [1.82, 2.24) is 19.4 Å². The molecule has 1 fully saturated rings. The number of fused-ring (bicyclic) bond motifs is 1. The third-order valence-electron chi connectivity index (χ3n) is 4.50. The molecule has 1 aliphatic rings. The number of aromatic hydroxyl groups is 1. The van der Waals surface area contributed by atoms with Gasteiger partial charge in [-0.1, -0.05) is 0 Å². The molecule has 0 atom stereocenters. The van der Waals surface area contributed by atoms with E-state index in [1.165, 1.54) is 6.07 Å². The number of rotatable bonds is 2. The van der Waals surface area contributed by atoms with Crippen LogP contribution >= 0.6 is 0 Å². The average Bonchev–Trinajstić information content (AvgIpc) is 3.05. The summed E-state index contributed by atoms with van der Waals surface area (Å²) in [5.74, 6) is -0.154. The predicted molar refractivity (Wildman–Crippen MR) is 90.6 cm³/mol. The minimum Gasteiger partial charge on any atom is -0.493 e. The molecule has 0 aromatic carbocycles. The Hall–Kier alpha value is -2.96. The van der Waals surface area contributed by atoms with E-state index in [2.05, 4.69) is 9.97 Å². The Bertz CT molecular complexity index is 914. The summed E-state index contributed by atoms with van der Waals surface area (Å²) in [7, 11) is 0. The van der Waals surface area contributed by atoms with E-state index in [1.54, 1.807) is 29.4 Å². The molecular formula is C18H17FN4O2. The first-order chi connectivity index (χ1) is 12.1. The number of likely N-dealkylation sites (tertiary alicyclic amines) is 1. The van der Waals surface area contributed by atoms with Crippen LogP contribution in [-0.2, 0) is 0 Å². The molecule has 4 rings (SSSR count). The molecule has 0 unspecified atom stereocenters. The summed E-state index contributed by atoms with van der Waals surface area (Å²) >= 11 is 0. The van der Waals surface area contributed by atoms with Crippen molar-refractivity contribution in [3.05, 3.63) is 48.4 Å². The number of hydrogen-bond acceptors (Lipinski definition) is 4. The summed E-state index contributed by atoms with van der Waals surface area (Å²) in [6.45, 7) is 0.885. The van der Waals surface area contributed by atoms with Crippen molar-refractivity contribution in [2.24, 2.45) is 0 Å². The second-order valence-corrected chi connectivity index (χ2v) is 6.16. The van der Waals surface area contributed by atoms with E-state index in [4.69, 9.17) is 0 Å². The Balaban J connectivity index is 1.63. The van der Waals surface area contributed by atoms with E-state index in [9.17, 15) is 14.3 Å². The van der Waals surface area contributed by atoms with Crippen molar-refractivity contribution in [2.75, 3.05) is 13.1 Å². The van der Waals surface area contributed by atoms with E-state index >= 15 is 0 Å². The lowest BCUT2D eigenvalue weighted by Gasteiger charge is -2.28. The van der Waals surface area contributed by atoms with Crippen molar-refractivity contribution in [2.45, 2.75) is 19.0 Å². The van der Waals surface area contributed by atoms with Crippen LogP contribution in [0.1, 0.15) is 23.2 Å². The molecule has 0 spiro atoms. The van der Waals surface area contributed by atoms with E-state index in [-0.39, 0.29) is 11.8 Å². The largest absolute Gasteiger partial charge is 0.493 e.